The highest BCUT2D eigenvalue weighted by Gasteiger charge is 2.01. The first kappa shape index (κ1) is 14.3. The fraction of sp³-hybridized carbons (Fsp3) is 0.294. The Kier molecular flexibility index (Phi) is 4.88. The van der Waals surface area contributed by atoms with E-state index in [1.165, 1.54) is 5.56 Å². The lowest BCUT2D eigenvalue weighted by Gasteiger charge is -2.09. The predicted molar refractivity (Wildman–Crippen MR) is 82.2 cm³/mol. The van der Waals surface area contributed by atoms with Crippen molar-refractivity contribution < 1.29 is 9.47 Å². The maximum Gasteiger partial charge on any atom is 0.121 e. The number of hydrogen-bond donors (Lipinski definition) is 1. The summed E-state index contributed by atoms with van der Waals surface area (Å²) >= 11 is 0. The second kappa shape index (κ2) is 6.85. The second-order valence-corrected chi connectivity index (χ2v) is 4.80. The Morgan fingerprint density at radius 2 is 1.70 bits per heavy atom. The number of methoxy groups -OCH3 is 1. The van der Waals surface area contributed by atoms with Gasteiger partial charge in [0.25, 0.3) is 0 Å². The molecule has 0 amide bonds. The van der Waals surface area contributed by atoms with Crippen molar-refractivity contribution in [2.24, 2.45) is 0 Å². The standard InChI is InChI=1S/C17H21NO2/c1-3-4-13-5-7-16(8-6-13)20-12-14-9-15(18)11-17(10-14)19-2/h5-11H,3-4,12,18H2,1-2H3. The van der Waals surface area contributed by atoms with Crippen molar-refractivity contribution in [3.63, 3.8) is 0 Å². The van der Waals surface area contributed by atoms with Gasteiger partial charge in [-0.15, -0.1) is 0 Å². The van der Waals surface area contributed by atoms with E-state index in [1.54, 1.807) is 13.2 Å². The van der Waals surface area contributed by atoms with Gasteiger partial charge in [-0.25, -0.2) is 0 Å². The smallest absolute Gasteiger partial charge is 0.121 e. The number of benzene rings is 2. The maximum atomic E-state index is 5.82. The van der Waals surface area contributed by atoms with Crippen LogP contribution in [0.15, 0.2) is 42.5 Å². The van der Waals surface area contributed by atoms with Crippen molar-refractivity contribution in [2.45, 2.75) is 26.4 Å². The molecule has 2 rings (SSSR count). The lowest BCUT2D eigenvalue weighted by atomic mass is 10.1. The van der Waals surface area contributed by atoms with Gasteiger partial charge in [0.05, 0.1) is 7.11 Å². The summed E-state index contributed by atoms with van der Waals surface area (Å²) in [4.78, 5) is 0. The molecular formula is C17H21NO2. The van der Waals surface area contributed by atoms with Crippen LogP contribution in [0.2, 0.25) is 0 Å². The molecule has 0 bridgehead atoms. The third kappa shape index (κ3) is 3.92. The van der Waals surface area contributed by atoms with Crippen molar-refractivity contribution in [1.29, 1.82) is 0 Å². The Morgan fingerprint density at radius 3 is 2.35 bits per heavy atom. The normalized spacial score (nSPS) is 10.3. The van der Waals surface area contributed by atoms with Gasteiger partial charge in [-0.3, -0.25) is 0 Å². The van der Waals surface area contributed by atoms with Crippen LogP contribution in [-0.2, 0) is 13.0 Å². The van der Waals surface area contributed by atoms with Gasteiger partial charge in [0.15, 0.2) is 0 Å². The Morgan fingerprint density at radius 1 is 0.950 bits per heavy atom. The van der Waals surface area contributed by atoms with E-state index in [0.717, 1.165) is 29.9 Å². The summed E-state index contributed by atoms with van der Waals surface area (Å²) in [6, 6.07) is 13.9. The van der Waals surface area contributed by atoms with Crippen LogP contribution in [-0.4, -0.2) is 7.11 Å². The molecule has 0 saturated heterocycles. The summed E-state index contributed by atoms with van der Waals surface area (Å²) < 4.78 is 11.0. The first-order chi connectivity index (χ1) is 9.71. The molecule has 0 saturated carbocycles. The highest BCUT2D eigenvalue weighted by atomic mass is 16.5. The summed E-state index contributed by atoms with van der Waals surface area (Å²) in [6.45, 7) is 2.66. The SMILES string of the molecule is CCCc1ccc(OCc2cc(N)cc(OC)c2)cc1. The molecule has 3 nitrogen and oxygen atoms in total. The molecule has 0 radical (unpaired) electrons. The third-order valence-electron chi connectivity index (χ3n) is 3.09. The topological polar surface area (TPSA) is 44.5 Å². The highest BCUT2D eigenvalue weighted by molar-refractivity contribution is 5.47. The van der Waals surface area contributed by atoms with Crippen LogP contribution in [0, 0.1) is 0 Å². The maximum absolute atomic E-state index is 5.82. The Labute approximate surface area is 120 Å². The summed E-state index contributed by atoms with van der Waals surface area (Å²) in [5.74, 6) is 1.62. The minimum atomic E-state index is 0.481. The monoisotopic (exact) mass is 271 g/mol. The fourth-order valence-corrected chi connectivity index (χ4v) is 2.09. The van der Waals surface area contributed by atoms with Crippen LogP contribution >= 0.6 is 0 Å². The quantitative estimate of drug-likeness (QED) is 0.812. The van der Waals surface area contributed by atoms with E-state index in [0.29, 0.717) is 12.3 Å². The van der Waals surface area contributed by atoms with E-state index in [4.69, 9.17) is 15.2 Å². The first-order valence-electron chi connectivity index (χ1n) is 6.86. The Balaban J connectivity index is 1.99. The van der Waals surface area contributed by atoms with Gasteiger partial charge in [0.2, 0.25) is 0 Å². The predicted octanol–water partition coefficient (Wildman–Crippen LogP) is 3.81. The van der Waals surface area contributed by atoms with Crippen molar-refractivity contribution in [1.82, 2.24) is 0 Å². The van der Waals surface area contributed by atoms with Gasteiger partial charge in [0, 0.05) is 11.8 Å². The number of nitrogens with two attached hydrogens (primary N) is 1. The van der Waals surface area contributed by atoms with Gasteiger partial charge < -0.3 is 15.2 Å². The van der Waals surface area contributed by atoms with Gasteiger partial charge >= 0.3 is 0 Å². The van der Waals surface area contributed by atoms with E-state index in [1.807, 2.05) is 24.3 Å². The Hall–Kier alpha value is -2.16. The van der Waals surface area contributed by atoms with Gasteiger partial charge in [-0.2, -0.15) is 0 Å². The molecule has 0 unspecified atom stereocenters. The highest BCUT2D eigenvalue weighted by Crippen LogP contribution is 2.20. The molecule has 0 fully saturated rings. The van der Waals surface area contributed by atoms with E-state index in [-0.39, 0.29) is 0 Å². The van der Waals surface area contributed by atoms with Crippen LogP contribution in [0.25, 0.3) is 0 Å². The molecule has 20 heavy (non-hydrogen) atoms. The van der Waals surface area contributed by atoms with Crippen LogP contribution in [0.1, 0.15) is 24.5 Å². The van der Waals surface area contributed by atoms with Crippen LogP contribution in [0.3, 0.4) is 0 Å². The molecule has 0 aliphatic carbocycles. The van der Waals surface area contributed by atoms with E-state index in [9.17, 15) is 0 Å². The van der Waals surface area contributed by atoms with Crippen molar-refractivity contribution >= 4 is 5.69 Å². The van der Waals surface area contributed by atoms with Gasteiger partial charge in [0.1, 0.15) is 18.1 Å². The van der Waals surface area contributed by atoms with Crippen LogP contribution in [0.4, 0.5) is 5.69 Å². The molecule has 0 aliphatic heterocycles. The minimum Gasteiger partial charge on any atom is -0.497 e. The van der Waals surface area contributed by atoms with Crippen molar-refractivity contribution in [3.8, 4) is 11.5 Å². The summed E-state index contributed by atoms with van der Waals surface area (Å²) in [7, 11) is 1.63. The van der Waals surface area contributed by atoms with Crippen molar-refractivity contribution in [3.05, 3.63) is 53.6 Å². The number of aryl methyl sites for hydroxylation is 1. The number of rotatable bonds is 6. The van der Waals surface area contributed by atoms with Crippen molar-refractivity contribution in [2.75, 3.05) is 12.8 Å². The molecule has 0 aromatic heterocycles. The number of hydrogen-bond acceptors (Lipinski definition) is 3. The second-order valence-electron chi connectivity index (χ2n) is 4.80. The Bertz CT molecular complexity index is 549. The third-order valence-corrected chi connectivity index (χ3v) is 3.09. The van der Waals surface area contributed by atoms with Gasteiger partial charge in [-0.1, -0.05) is 25.5 Å². The zero-order chi connectivity index (χ0) is 14.4. The lowest BCUT2D eigenvalue weighted by molar-refractivity contribution is 0.305. The average Bonchev–Trinajstić information content (AvgIpc) is 2.46. The molecule has 2 aromatic carbocycles. The fourth-order valence-electron chi connectivity index (χ4n) is 2.09. The molecule has 106 valence electrons. The summed E-state index contributed by atoms with van der Waals surface area (Å²) in [6.07, 6.45) is 2.26. The largest absolute Gasteiger partial charge is 0.497 e. The van der Waals surface area contributed by atoms with E-state index in [2.05, 4.69) is 19.1 Å². The molecule has 0 spiro atoms. The zero-order valence-corrected chi connectivity index (χ0v) is 12.1. The molecule has 2 N–H and O–H groups in total. The van der Waals surface area contributed by atoms with E-state index < -0.39 is 0 Å². The molecular weight excluding hydrogens is 250 g/mol. The summed E-state index contributed by atoms with van der Waals surface area (Å²) in [5, 5.41) is 0. The minimum absolute atomic E-state index is 0.481. The van der Waals surface area contributed by atoms with E-state index >= 15 is 0 Å². The number of ether oxygens (including phenoxy) is 2. The average molecular weight is 271 g/mol. The van der Waals surface area contributed by atoms with Crippen LogP contribution < -0.4 is 15.2 Å². The molecule has 0 heterocycles. The van der Waals surface area contributed by atoms with Crippen LogP contribution in [0.5, 0.6) is 11.5 Å². The lowest BCUT2D eigenvalue weighted by Crippen LogP contribution is -1.98. The van der Waals surface area contributed by atoms with Gasteiger partial charge in [-0.05, 0) is 41.8 Å². The number of nitrogen functional groups attached to an aromatic ring is 1. The molecule has 2 aromatic rings. The molecule has 3 heteroatoms. The first-order valence-corrected chi connectivity index (χ1v) is 6.86. The summed E-state index contributed by atoms with van der Waals surface area (Å²) in [5.41, 5.74) is 8.84. The molecule has 0 atom stereocenters. The number of anilines is 1. The zero-order valence-electron chi connectivity index (χ0n) is 12.1. The molecule has 0 aliphatic rings.